The zero-order chi connectivity index (χ0) is 13.8. The van der Waals surface area contributed by atoms with Crippen molar-refractivity contribution < 1.29 is 9.21 Å². The van der Waals surface area contributed by atoms with Crippen LogP contribution in [0, 0.1) is 6.92 Å². The monoisotopic (exact) mass is 278 g/mol. The maximum Gasteiger partial charge on any atom is 0.281 e. The number of carbonyl (C=O) groups excluding carboxylic acids is 1. The average Bonchev–Trinajstić information content (AvgIpc) is 2.75. The van der Waals surface area contributed by atoms with E-state index in [4.69, 9.17) is 10.2 Å². The van der Waals surface area contributed by atoms with Gasteiger partial charge in [-0.25, -0.2) is 0 Å². The van der Waals surface area contributed by atoms with Gasteiger partial charge in [0.2, 0.25) is 5.89 Å². The highest BCUT2D eigenvalue weighted by Crippen LogP contribution is 2.31. The number of aryl methyl sites for hydroxylation is 1. The summed E-state index contributed by atoms with van der Waals surface area (Å²) in [6.45, 7) is 4.14. The topological polar surface area (TPSA) is 94.0 Å². The molecule has 1 heterocycles. The number of benzene rings is 1. The van der Waals surface area contributed by atoms with Gasteiger partial charge in [-0.05, 0) is 36.9 Å². The number of nitrogens with one attached hydrogen (secondary N) is 1. The molecule has 1 aromatic carbocycles. The first-order valence-corrected chi connectivity index (χ1v) is 6.57. The standard InChI is InChI=1S/C12H14N4O2S/c1-3-14-11(17)9-5-4-8(13)6-10(9)19-12-16-15-7(2)18-12/h4-6H,3,13H2,1-2H3,(H,14,17). The lowest BCUT2D eigenvalue weighted by Crippen LogP contribution is -2.23. The Morgan fingerprint density at radius 2 is 2.26 bits per heavy atom. The number of aromatic nitrogens is 2. The Hall–Kier alpha value is -2.02. The lowest BCUT2D eigenvalue weighted by Gasteiger charge is -2.08. The van der Waals surface area contributed by atoms with E-state index in [1.807, 2.05) is 6.92 Å². The second kappa shape index (κ2) is 5.75. The molecule has 0 spiro atoms. The Kier molecular flexibility index (Phi) is 4.06. The molecule has 0 radical (unpaired) electrons. The maximum atomic E-state index is 11.9. The summed E-state index contributed by atoms with van der Waals surface area (Å²) >= 11 is 1.22. The van der Waals surface area contributed by atoms with Crippen LogP contribution in [0.5, 0.6) is 0 Å². The number of nitrogens with zero attached hydrogens (tertiary/aromatic N) is 2. The minimum Gasteiger partial charge on any atom is -0.416 e. The Morgan fingerprint density at radius 1 is 1.47 bits per heavy atom. The van der Waals surface area contributed by atoms with Crippen molar-refractivity contribution in [3.8, 4) is 0 Å². The van der Waals surface area contributed by atoms with Gasteiger partial charge < -0.3 is 15.5 Å². The van der Waals surface area contributed by atoms with Crippen LogP contribution in [0.15, 0.2) is 32.7 Å². The van der Waals surface area contributed by atoms with Crippen molar-refractivity contribution >= 4 is 23.4 Å². The first-order valence-electron chi connectivity index (χ1n) is 5.76. The van der Waals surface area contributed by atoms with Crippen LogP contribution in [0.1, 0.15) is 23.2 Å². The summed E-state index contributed by atoms with van der Waals surface area (Å²) in [7, 11) is 0. The van der Waals surface area contributed by atoms with Crippen molar-refractivity contribution in [2.75, 3.05) is 12.3 Å². The molecule has 1 amide bonds. The number of nitrogen functional groups attached to an aromatic ring is 1. The Bertz CT molecular complexity index is 597. The van der Waals surface area contributed by atoms with Crippen LogP contribution in [0.3, 0.4) is 0 Å². The van der Waals surface area contributed by atoms with Crippen molar-refractivity contribution in [3.05, 3.63) is 29.7 Å². The van der Waals surface area contributed by atoms with Crippen LogP contribution in [0.4, 0.5) is 5.69 Å². The third-order valence-corrected chi connectivity index (χ3v) is 3.19. The molecule has 0 aliphatic carbocycles. The molecule has 0 aliphatic heterocycles. The number of amides is 1. The highest BCUT2D eigenvalue weighted by Gasteiger charge is 2.14. The highest BCUT2D eigenvalue weighted by molar-refractivity contribution is 7.99. The van der Waals surface area contributed by atoms with Crippen LogP contribution < -0.4 is 11.1 Å². The van der Waals surface area contributed by atoms with Gasteiger partial charge in [-0.1, -0.05) is 0 Å². The first kappa shape index (κ1) is 13.4. The number of rotatable bonds is 4. The second-order valence-corrected chi connectivity index (χ2v) is 4.80. The summed E-state index contributed by atoms with van der Waals surface area (Å²) in [4.78, 5) is 12.6. The van der Waals surface area contributed by atoms with Gasteiger partial charge in [0, 0.05) is 24.1 Å². The van der Waals surface area contributed by atoms with Crippen LogP contribution in [-0.4, -0.2) is 22.6 Å². The second-order valence-electron chi connectivity index (χ2n) is 3.80. The van der Waals surface area contributed by atoms with Crippen LogP contribution in [0.2, 0.25) is 0 Å². The summed E-state index contributed by atoms with van der Waals surface area (Å²) in [5.74, 6) is 0.326. The fourth-order valence-corrected chi connectivity index (χ4v) is 2.38. The molecule has 19 heavy (non-hydrogen) atoms. The smallest absolute Gasteiger partial charge is 0.281 e. The fourth-order valence-electron chi connectivity index (χ4n) is 1.48. The average molecular weight is 278 g/mol. The van der Waals surface area contributed by atoms with Crippen molar-refractivity contribution in [2.24, 2.45) is 0 Å². The predicted octanol–water partition coefficient (Wildman–Crippen LogP) is 1.86. The van der Waals surface area contributed by atoms with E-state index in [1.165, 1.54) is 11.8 Å². The molecule has 6 nitrogen and oxygen atoms in total. The maximum absolute atomic E-state index is 11.9. The van der Waals surface area contributed by atoms with Gasteiger partial charge in [0.25, 0.3) is 11.1 Å². The molecule has 2 rings (SSSR count). The molecule has 1 aromatic heterocycles. The summed E-state index contributed by atoms with van der Waals surface area (Å²) in [5, 5.41) is 10.8. The van der Waals surface area contributed by atoms with Crippen LogP contribution >= 0.6 is 11.8 Å². The molecule has 7 heteroatoms. The Morgan fingerprint density at radius 3 is 2.89 bits per heavy atom. The van der Waals surface area contributed by atoms with Gasteiger partial charge in [0.1, 0.15) is 0 Å². The summed E-state index contributed by atoms with van der Waals surface area (Å²) in [6, 6.07) is 5.09. The van der Waals surface area contributed by atoms with Crippen molar-refractivity contribution in [1.82, 2.24) is 15.5 Å². The van der Waals surface area contributed by atoms with Crippen molar-refractivity contribution in [3.63, 3.8) is 0 Å². The molecule has 0 saturated heterocycles. The molecule has 3 N–H and O–H groups in total. The molecule has 100 valence electrons. The zero-order valence-corrected chi connectivity index (χ0v) is 11.5. The molecule has 2 aromatic rings. The number of carbonyl (C=O) groups is 1. The van der Waals surface area contributed by atoms with E-state index in [0.29, 0.717) is 33.8 Å². The molecule has 0 saturated carbocycles. The Labute approximate surface area is 114 Å². The van der Waals surface area contributed by atoms with Crippen LogP contribution in [0.25, 0.3) is 0 Å². The number of hydrogen-bond acceptors (Lipinski definition) is 6. The summed E-state index contributed by atoms with van der Waals surface area (Å²) < 4.78 is 5.29. The molecule has 0 atom stereocenters. The van der Waals surface area contributed by atoms with Gasteiger partial charge in [-0.2, -0.15) is 0 Å². The van der Waals surface area contributed by atoms with E-state index in [1.54, 1.807) is 25.1 Å². The highest BCUT2D eigenvalue weighted by atomic mass is 32.2. The molecule has 0 bridgehead atoms. The first-order chi connectivity index (χ1) is 9.10. The van der Waals surface area contributed by atoms with Crippen molar-refractivity contribution in [1.29, 1.82) is 0 Å². The largest absolute Gasteiger partial charge is 0.416 e. The minimum absolute atomic E-state index is 0.152. The quantitative estimate of drug-likeness (QED) is 0.829. The molecule has 0 unspecified atom stereocenters. The van der Waals surface area contributed by atoms with E-state index in [2.05, 4.69) is 15.5 Å². The van der Waals surface area contributed by atoms with E-state index < -0.39 is 0 Å². The van der Waals surface area contributed by atoms with Gasteiger partial charge >= 0.3 is 0 Å². The lowest BCUT2D eigenvalue weighted by atomic mass is 10.2. The van der Waals surface area contributed by atoms with Gasteiger partial charge in [0.05, 0.1) is 5.56 Å². The Balaban J connectivity index is 2.31. The molecular formula is C12H14N4O2S. The number of anilines is 1. The molecule has 0 fully saturated rings. The minimum atomic E-state index is -0.152. The fraction of sp³-hybridized carbons (Fsp3) is 0.250. The molecular weight excluding hydrogens is 264 g/mol. The SMILES string of the molecule is CCNC(=O)c1ccc(N)cc1Sc1nnc(C)o1. The normalized spacial score (nSPS) is 10.4. The zero-order valence-electron chi connectivity index (χ0n) is 10.6. The number of hydrogen-bond donors (Lipinski definition) is 2. The predicted molar refractivity (Wildman–Crippen MR) is 72.0 cm³/mol. The third kappa shape index (κ3) is 3.25. The number of nitrogens with two attached hydrogens (primary N) is 1. The van der Waals surface area contributed by atoms with E-state index in [9.17, 15) is 4.79 Å². The van der Waals surface area contributed by atoms with Crippen molar-refractivity contribution in [2.45, 2.75) is 24.0 Å². The molecule has 0 aliphatic rings. The van der Waals surface area contributed by atoms with E-state index in [0.717, 1.165) is 0 Å². The van der Waals surface area contributed by atoms with Gasteiger partial charge in [0.15, 0.2) is 0 Å². The third-order valence-electron chi connectivity index (χ3n) is 2.29. The van der Waals surface area contributed by atoms with E-state index >= 15 is 0 Å². The van der Waals surface area contributed by atoms with E-state index in [-0.39, 0.29) is 5.91 Å². The van der Waals surface area contributed by atoms with Gasteiger partial charge in [-0.3, -0.25) is 4.79 Å². The lowest BCUT2D eigenvalue weighted by molar-refractivity contribution is 0.0953. The van der Waals surface area contributed by atoms with Crippen LogP contribution in [-0.2, 0) is 0 Å². The summed E-state index contributed by atoms with van der Waals surface area (Å²) in [5.41, 5.74) is 6.86. The van der Waals surface area contributed by atoms with Gasteiger partial charge in [-0.15, -0.1) is 10.2 Å². The summed E-state index contributed by atoms with van der Waals surface area (Å²) in [6.07, 6.45) is 0.